The van der Waals surface area contributed by atoms with E-state index in [-0.39, 0.29) is 0 Å². The highest BCUT2D eigenvalue weighted by Gasteiger charge is 2.31. The Balaban J connectivity index is 1.95. The van der Waals surface area contributed by atoms with E-state index in [1.54, 1.807) is 0 Å². The first-order valence-corrected chi connectivity index (χ1v) is 6.12. The van der Waals surface area contributed by atoms with Crippen LogP contribution in [0.15, 0.2) is 18.3 Å². The molecule has 0 spiro atoms. The fraction of sp³-hybridized carbons (Fsp3) is 0.545. The molecule has 1 heterocycles. The van der Waals surface area contributed by atoms with Gasteiger partial charge in [-0.25, -0.2) is 4.98 Å². The maximum absolute atomic E-state index is 4.32. The van der Waals surface area contributed by atoms with Crippen molar-refractivity contribution < 1.29 is 0 Å². The van der Waals surface area contributed by atoms with Gasteiger partial charge in [-0.05, 0) is 53.0 Å². The van der Waals surface area contributed by atoms with Crippen molar-refractivity contribution in [1.29, 1.82) is 0 Å². The van der Waals surface area contributed by atoms with E-state index in [1.165, 1.54) is 22.8 Å². The third-order valence-corrected chi connectivity index (χ3v) is 3.87. The molecule has 3 heteroatoms. The fourth-order valence-corrected chi connectivity index (χ4v) is 2.31. The maximum Gasteiger partial charge on any atom is 0.139 e. The number of pyridine rings is 1. The number of aromatic nitrogens is 1. The molecule has 1 saturated carbocycles. The Morgan fingerprint density at radius 3 is 2.93 bits per heavy atom. The van der Waals surface area contributed by atoms with Crippen LogP contribution in [0.1, 0.15) is 26.2 Å². The second-order valence-corrected chi connectivity index (χ2v) is 5.51. The summed E-state index contributed by atoms with van der Waals surface area (Å²) < 4.78 is 1.20. The van der Waals surface area contributed by atoms with Gasteiger partial charge in [-0.3, -0.25) is 0 Å². The predicted octanol–water partition coefficient (Wildman–Crippen LogP) is 3.29. The molecular weight excluding hydrogens is 287 g/mol. The lowest BCUT2D eigenvalue weighted by atomic mass is 9.70. The van der Waals surface area contributed by atoms with E-state index in [4.69, 9.17) is 0 Å². The second-order valence-electron chi connectivity index (χ2n) is 4.35. The molecule has 1 N–H and O–H groups in total. The molecule has 0 amide bonds. The molecule has 1 aromatic rings. The van der Waals surface area contributed by atoms with Crippen molar-refractivity contribution in [3.8, 4) is 0 Å². The highest BCUT2D eigenvalue weighted by atomic mass is 127. The van der Waals surface area contributed by atoms with Crippen molar-refractivity contribution in [1.82, 2.24) is 4.98 Å². The van der Waals surface area contributed by atoms with Crippen LogP contribution in [0.4, 0.5) is 5.82 Å². The van der Waals surface area contributed by atoms with Crippen molar-refractivity contribution in [3.05, 3.63) is 21.9 Å². The van der Waals surface area contributed by atoms with Gasteiger partial charge < -0.3 is 5.32 Å². The number of halogens is 1. The fourth-order valence-electron chi connectivity index (χ4n) is 1.77. The van der Waals surface area contributed by atoms with Gasteiger partial charge in [0.2, 0.25) is 0 Å². The third kappa shape index (κ3) is 2.19. The van der Waals surface area contributed by atoms with E-state index in [0.717, 1.165) is 12.4 Å². The van der Waals surface area contributed by atoms with E-state index in [9.17, 15) is 0 Å². The van der Waals surface area contributed by atoms with Gasteiger partial charge in [0.05, 0.1) is 3.57 Å². The molecule has 1 aliphatic rings. The van der Waals surface area contributed by atoms with Crippen LogP contribution in [-0.2, 0) is 0 Å². The lowest BCUT2D eigenvalue weighted by molar-refractivity contribution is 0.180. The van der Waals surface area contributed by atoms with E-state index >= 15 is 0 Å². The van der Waals surface area contributed by atoms with Gasteiger partial charge in [-0.15, -0.1) is 0 Å². The second kappa shape index (κ2) is 4.04. The number of rotatable bonds is 3. The summed E-state index contributed by atoms with van der Waals surface area (Å²) in [6.07, 6.45) is 5.93. The molecule has 2 rings (SSSR count). The highest BCUT2D eigenvalue weighted by Crippen LogP contribution is 2.40. The first-order chi connectivity index (χ1) is 6.70. The Morgan fingerprint density at radius 1 is 1.57 bits per heavy atom. The van der Waals surface area contributed by atoms with E-state index in [2.05, 4.69) is 45.9 Å². The number of nitrogens with zero attached hydrogens (tertiary/aromatic N) is 1. The van der Waals surface area contributed by atoms with Crippen LogP contribution in [0.25, 0.3) is 0 Å². The molecule has 0 aromatic carbocycles. The van der Waals surface area contributed by atoms with Gasteiger partial charge in [0.1, 0.15) is 5.82 Å². The van der Waals surface area contributed by atoms with E-state index in [1.807, 2.05) is 12.3 Å². The minimum absolute atomic E-state index is 0.514. The molecule has 1 aromatic heterocycles. The van der Waals surface area contributed by atoms with Gasteiger partial charge in [-0.1, -0.05) is 13.3 Å². The molecule has 1 fully saturated rings. The molecule has 2 nitrogen and oxygen atoms in total. The zero-order valence-corrected chi connectivity index (χ0v) is 10.5. The largest absolute Gasteiger partial charge is 0.369 e. The SMILES string of the molecule is CC1(CNc2ncccc2I)CCC1. The first-order valence-electron chi connectivity index (χ1n) is 5.04. The highest BCUT2D eigenvalue weighted by molar-refractivity contribution is 14.1. The standard InChI is InChI=1S/C11H15IN2/c1-11(5-3-6-11)8-14-10-9(12)4-2-7-13-10/h2,4,7H,3,5-6,8H2,1H3,(H,13,14). The Hall–Kier alpha value is -0.320. The van der Waals surface area contributed by atoms with Crippen LogP contribution in [0.3, 0.4) is 0 Å². The Bertz CT molecular complexity index is 321. The smallest absolute Gasteiger partial charge is 0.139 e. The normalized spacial score (nSPS) is 18.7. The summed E-state index contributed by atoms with van der Waals surface area (Å²) in [7, 11) is 0. The molecule has 0 bridgehead atoms. The first kappa shape index (κ1) is 10.2. The number of anilines is 1. The van der Waals surface area contributed by atoms with Crippen molar-refractivity contribution in [2.75, 3.05) is 11.9 Å². The lowest BCUT2D eigenvalue weighted by Gasteiger charge is -2.38. The predicted molar refractivity (Wildman–Crippen MR) is 67.4 cm³/mol. The van der Waals surface area contributed by atoms with Crippen LogP contribution in [0, 0.1) is 8.99 Å². The molecule has 14 heavy (non-hydrogen) atoms. The molecule has 76 valence electrons. The van der Waals surface area contributed by atoms with Gasteiger partial charge in [0.25, 0.3) is 0 Å². The number of nitrogens with one attached hydrogen (secondary N) is 1. The summed E-state index contributed by atoms with van der Waals surface area (Å²) in [6.45, 7) is 3.40. The number of hydrogen-bond acceptors (Lipinski definition) is 2. The van der Waals surface area contributed by atoms with Gasteiger partial charge >= 0.3 is 0 Å². The molecule has 0 unspecified atom stereocenters. The van der Waals surface area contributed by atoms with Crippen LogP contribution < -0.4 is 5.32 Å². The molecule has 0 atom stereocenters. The van der Waals surface area contributed by atoms with Crippen molar-refractivity contribution >= 4 is 28.4 Å². The topological polar surface area (TPSA) is 24.9 Å². The summed E-state index contributed by atoms with van der Waals surface area (Å²) in [6, 6.07) is 4.05. The number of hydrogen-bond donors (Lipinski definition) is 1. The monoisotopic (exact) mass is 302 g/mol. The molecular formula is C11H15IN2. The molecule has 0 radical (unpaired) electrons. The Labute approximate surface area is 98.6 Å². The summed E-state index contributed by atoms with van der Waals surface area (Å²) in [5.41, 5.74) is 0.514. The maximum atomic E-state index is 4.32. The van der Waals surface area contributed by atoms with E-state index in [0.29, 0.717) is 5.41 Å². The lowest BCUT2D eigenvalue weighted by Crippen LogP contribution is -2.33. The summed E-state index contributed by atoms with van der Waals surface area (Å²) in [5.74, 6) is 1.03. The third-order valence-electron chi connectivity index (χ3n) is 3.00. The molecule has 0 saturated heterocycles. The van der Waals surface area contributed by atoms with Crippen LogP contribution >= 0.6 is 22.6 Å². The molecule has 1 aliphatic carbocycles. The zero-order valence-electron chi connectivity index (χ0n) is 8.39. The van der Waals surface area contributed by atoms with Gasteiger partial charge in [0.15, 0.2) is 0 Å². The van der Waals surface area contributed by atoms with Crippen molar-refractivity contribution in [2.24, 2.45) is 5.41 Å². The Morgan fingerprint density at radius 2 is 2.36 bits per heavy atom. The quantitative estimate of drug-likeness (QED) is 0.867. The van der Waals surface area contributed by atoms with Crippen LogP contribution in [0.5, 0.6) is 0 Å². The summed E-state index contributed by atoms with van der Waals surface area (Å²) in [4.78, 5) is 4.32. The summed E-state index contributed by atoms with van der Waals surface area (Å²) >= 11 is 2.32. The minimum Gasteiger partial charge on any atom is -0.369 e. The van der Waals surface area contributed by atoms with Crippen molar-refractivity contribution in [3.63, 3.8) is 0 Å². The van der Waals surface area contributed by atoms with Crippen LogP contribution in [0.2, 0.25) is 0 Å². The van der Waals surface area contributed by atoms with Gasteiger partial charge in [0, 0.05) is 12.7 Å². The van der Waals surface area contributed by atoms with E-state index < -0.39 is 0 Å². The Kier molecular flexibility index (Phi) is 2.95. The molecule has 0 aliphatic heterocycles. The summed E-state index contributed by atoms with van der Waals surface area (Å²) in [5, 5.41) is 3.44. The van der Waals surface area contributed by atoms with Crippen molar-refractivity contribution in [2.45, 2.75) is 26.2 Å². The average Bonchev–Trinajstić information content (AvgIpc) is 2.14. The minimum atomic E-state index is 0.514. The van der Waals surface area contributed by atoms with Crippen LogP contribution in [-0.4, -0.2) is 11.5 Å². The average molecular weight is 302 g/mol. The van der Waals surface area contributed by atoms with Gasteiger partial charge in [-0.2, -0.15) is 0 Å². The zero-order chi connectivity index (χ0) is 10.0.